The predicted octanol–water partition coefficient (Wildman–Crippen LogP) is 3.15. The lowest BCUT2D eigenvalue weighted by atomic mass is 10.1. The summed E-state index contributed by atoms with van der Waals surface area (Å²) in [5, 5.41) is 3.08. The summed E-state index contributed by atoms with van der Waals surface area (Å²) in [6.07, 6.45) is 2.72. The number of fused-ring (bicyclic) bond motifs is 1. The Morgan fingerprint density at radius 3 is 2.66 bits per heavy atom. The van der Waals surface area contributed by atoms with Gasteiger partial charge in [-0.05, 0) is 37.1 Å². The zero-order valence-corrected chi connectivity index (χ0v) is 17.1. The van der Waals surface area contributed by atoms with Crippen LogP contribution in [-0.2, 0) is 13.0 Å². The van der Waals surface area contributed by atoms with Gasteiger partial charge in [-0.15, -0.1) is 0 Å². The third kappa shape index (κ3) is 4.24. The molecule has 2 aromatic heterocycles. The molecule has 1 aliphatic rings. The fourth-order valence-electron chi connectivity index (χ4n) is 3.90. The van der Waals surface area contributed by atoms with Crippen LogP contribution in [0.1, 0.15) is 18.3 Å². The van der Waals surface area contributed by atoms with Gasteiger partial charge in [-0.3, -0.25) is 4.90 Å². The minimum atomic E-state index is -0.00815. The maximum absolute atomic E-state index is 12.7. The second-order valence-electron chi connectivity index (χ2n) is 7.43. The molecule has 0 bridgehead atoms. The largest absolute Gasteiger partial charge is 0.322 e. The van der Waals surface area contributed by atoms with Crippen molar-refractivity contribution in [2.45, 2.75) is 26.8 Å². The number of carbonyl (C=O) groups excluding carboxylic acids is 1. The number of anilines is 1. The highest BCUT2D eigenvalue weighted by molar-refractivity contribution is 5.90. The number of pyridine rings is 1. The number of urea groups is 1. The Morgan fingerprint density at radius 1 is 1.07 bits per heavy atom. The normalized spacial score (nSPS) is 15.0. The zero-order valence-electron chi connectivity index (χ0n) is 17.1. The Kier molecular flexibility index (Phi) is 5.76. The van der Waals surface area contributed by atoms with Crippen molar-refractivity contribution in [3.05, 3.63) is 54.0 Å². The molecule has 1 N–H and O–H groups in total. The van der Waals surface area contributed by atoms with Crippen molar-refractivity contribution in [1.82, 2.24) is 24.3 Å². The Bertz CT molecular complexity index is 990. The van der Waals surface area contributed by atoms with Crippen molar-refractivity contribution in [3.8, 4) is 0 Å². The molecule has 29 heavy (non-hydrogen) atoms. The number of hydrogen-bond donors (Lipinski definition) is 1. The number of piperazine rings is 1. The van der Waals surface area contributed by atoms with E-state index in [-0.39, 0.29) is 6.03 Å². The number of imidazole rings is 1. The van der Waals surface area contributed by atoms with Gasteiger partial charge in [0.25, 0.3) is 0 Å². The fourth-order valence-corrected chi connectivity index (χ4v) is 3.90. The molecule has 7 heteroatoms. The van der Waals surface area contributed by atoms with E-state index in [0.29, 0.717) is 0 Å². The van der Waals surface area contributed by atoms with Gasteiger partial charge in [0.2, 0.25) is 0 Å². The fraction of sp³-hybridized carbons (Fsp3) is 0.409. The topological polar surface area (TPSA) is 66.3 Å². The maximum Gasteiger partial charge on any atom is 0.321 e. The number of para-hydroxylation sites is 1. The van der Waals surface area contributed by atoms with Gasteiger partial charge in [-0.2, -0.15) is 0 Å². The molecule has 2 amide bonds. The molecule has 0 unspecified atom stereocenters. The van der Waals surface area contributed by atoms with E-state index in [1.54, 1.807) is 0 Å². The van der Waals surface area contributed by atoms with Crippen molar-refractivity contribution in [3.63, 3.8) is 0 Å². The van der Waals surface area contributed by atoms with Crippen LogP contribution in [0.3, 0.4) is 0 Å². The van der Waals surface area contributed by atoms with Crippen molar-refractivity contribution >= 4 is 22.9 Å². The molecule has 0 saturated carbocycles. The molecule has 0 spiro atoms. The zero-order chi connectivity index (χ0) is 20.2. The highest BCUT2D eigenvalue weighted by Crippen LogP contribution is 2.17. The Morgan fingerprint density at radius 2 is 1.86 bits per heavy atom. The van der Waals surface area contributed by atoms with E-state index in [1.807, 2.05) is 48.4 Å². The first kappa shape index (κ1) is 19.4. The summed E-state index contributed by atoms with van der Waals surface area (Å²) in [5.74, 6) is 0.992. The minimum Gasteiger partial charge on any atom is -0.322 e. The molecule has 1 saturated heterocycles. The van der Waals surface area contributed by atoms with E-state index < -0.39 is 0 Å². The molecule has 0 radical (unpaired) electrons. The van der Waals surface area contributed by atoms with Crippen molar-refractivity contribution in [2.75, 3.05) is 38.0 Å². The van der Waals surface area contributed by atoms with Gasteiger partial charge in [-0.25, -0.2) is 14.8 Å². The van der Waals surface area contributed by atoms with Crippen LogP contribution in [-0.4, -0.2) is 63.1 Å². The van der Waals surface area contributed by atoms with Gasteiger partial charge in [0, 0.05) is 51.2 Å². The molecular formula is C22H28N6O. The molecular weight excluding hydrogens is 364 g/mol. The van der Waals surface area contributed by atoms with Gasteiger partial charge < -0.3 is 14.8 Å². The average molecular weight is 393 g/mol. The number of benzene rings is 1. The number of rotatable bonds is 5. The average Bonchev–Trinajstić information content (AvgIpc) is 3.08. The van der Waals surface area contributed by atoms with Gasteiger partial charge in [0.1, 0.15) is 11.3 Å². The second kappa shape index (κ2) is 8.61. The summed E-state index contributed by atoms with van der Waals surface area (Å²) in [5.41, 5.74) is 3.96. The van der Waals surface area contributed by atoms with Crippen LogP contribution in [0.25, 0.3) is 11.2 Å². The lowest BCUT2D eigenvalue weighted by Crippen LogP contribution is -2.50. The summed E-state index contributed by atoms with van der Waals surface area (Å²) >= 11 is 0. The van der Waals surface area contributed by atoms with E-state index in [0.717, 1.165) is 73.9 Å². The predicted molar refractivity (Wildman–Crippen MR) is 115 cm³/mol. The molecule has 1 aliphatic heterocycles. The standard InChI is InChI=1S/C22H28N6O/c1-3-18-7-4-5-8-19(18)25-22(29)27-14-11-26(12-15-27)13-16-28-17(2)24-20-9-6-10-23-21(20)28/h4-10H,3,11-16H2,1-2H3,(H,25,29). The smallest absolute Gasteiger partial charge is 0.321 e. The summed E-state index contributed by atoms with van der Waals surface area (Å²) in [6.45, 7) is 9.14. The number of nitrogens with zero attached hydrogens (tertiary/aromatic N) is 5. The summed E-state index contributed by atoms with van der Waals surface area (Å²) in [7, 11) is 0. The van der Waals surface area contributed by atoms with Gasteiger partial charge in [0.15, 0.2) is 5.65 Å². The van der Waals surface area contributed by atoms with Crippen LogP contribution >= 0.6 is 0 Å². The summed E-state index contributed by atoms with van der Waals surface area (Å²) in [4.78, 5) is 26.0. The molecule has 1 fully saturated rings. The molecule has 7 nitrogen and oxygen atoms in total. The third-order valence-electron chi connectivity index (χ3n) is 5.63. The molecule has 4 rings (SSSR count). The van der Waals surface area contributed by atoms with E-state index in [2.05, 4.69) is 37.7 Å². The first-order valence-corrected chi connectivity index (χ1v) is 10.3. The monoisotopic (exact) mass is 392 g/mol. The third-order valence-corrected chi connectivity index (χ3v) is 5.63. The van der Waals surface area contributed by atoms with Gasteiger partial charge in [0.05, 0.1) is 0 Å². The van der Waals surface area contributed by atoms with Crippen LogP contribution < -0.4 is 5.32 Å². The SMILES string of the molecule is CCc1ccccc1NC(=O)N1CCN(CCn2c(C)nc3cccnc32)CC1. The van der Waals surface area contributed by atoms with E-state index >= 15 is 0 Å². The van der Waals surface area contributed by atoms with E-state index in [4.69, 9.17) is 0 Å². The first-order chi connectivity index (χ1) is 14.2. The molecule has 0 aliphatic carbocycles. The Balaban J connectivity index is 1.30. The van der Waals surface area contributed by atoms with Crippen LogP contribution in [0.2, 0.25) is 0 Å². The van der Waals surface area contributed by atoms with E-state index in [9.17, 15) is 4.79 Å². The van der Waals surface area contributed by atoms with Crippen LogP contribution in [0.15, 0.2) is 42.6 Å². The highest BCUT2D eigenvalue weighted by Gasteiger charge is 2.21. The van der Waals surface area contributed by atoms with Crippen LogP contribution in [0.5, 0.6) is 0 Å². The molecule has 3 aromatic rings. The number of nitrogens with one attached hydrogen (secondary N) is 1. The second-order valence-corrected chi connectivity index (χ2v) is 7.43. The molecule has 0 atom stereocenters. The number of aryl methyl sites for hydroxylation is 2. The summed E-state index contributed by atoms with van der Waals surface area (Å²) in [6, 6.07) is 11.9. The highest BCUT2D eigenvalue weighted by atomic mass is 16.2. The number of hydrogen-bond acceptors (Lipinski definition) is 4. The quantitative estimate of drug-likeness (QED) is 0.724. The lowest BCUT2D eigenvalue weighted by molar-refractivity contribution is 0.144. The molecule has 3 heterocycles. The van der Waals surface area contributed by atoms with Crippen molar-refractivity contribution in [1.29, 1.82) is 0 Å². The van der Waals surface area contributed by atoms with Crippen LogP contribution in [0, 0.1) is 6.92 Å². The summed E-state index contributed by atoms with van der Waals surface area (Å²) < 4.78 is 2.18. The Hall–Kier alpha value is -2.93. The number of amides is 2. The molecule has 152 valence electrons. The first-order valence-electron chi connectivity index (χ1n) is 10.3. The lowest BCUT2D eigenvalue weighted by Gasteiger charge is -2.34. The van der Waals surface area contributed by atoms with Crippen molar-refractivity contribution in [2.24, 2.45) is 0 Å². The Labute approximate surface area is 171 Å². The van der Waals surface area contributed by atoms with Gasteiger partial charge >= 0.3 is 6.03 Å². The minimum absolute atomic E-state index is 0.00815. The maximum atomic E-state index is 12.7. The van der Waals surface area contributed by atoms with Gasteiger partial charge in [-0.1, -0.05) is 25.1 Å². The molecule has 1 aromatic carbocycles. The van der Waals surface area contributed by atoms with E-state index in [1.165, 1.54) is 0 Å². The number of aromatic nitrogens is 3. The van der Waals surface area contributed by atoms with Crippen molar-refractivity contribution < 1.29 is 4.79 Å². The number of carbonyl (C=O) groups is 1. The van der Waals surface area contributed by atoms with Crippen LogP contribution in [0.4, 0.5) is 10.5 Å².